The van der Waals surface area contributed by atoms with E-state index in [-0.39, 0.29) is 12.5 Å². The maximum absolute atomic E-state index is 14.0. The number of aromatic amines is 1. The van der Waals surface area contributed by atoms with Crippen LogP contribution in [0.4, 0.5) is 4.32 Å². The van der Waals surface area contributed by atoms with Crippen LogP contribution in [0.5, 0.6) is 5.75 Å². The number of carbonyl (C=O) groups excluding carboxylic acids is 1. The van der Waals surface area contributed by atoms with E-state index in [0.29, 0.717) is 12.3 Å². The number of benzene rings is 1. The van der Waals surface area contributed by atoms with Gasteiger partial charge in [0, 0.05) is 49.4 Å². The predicted molar refractivity (Wildman–Crippen MR) is 155 cm³/mol. The van der Waals surface area contributed by atoms with E-state index in [1.807, 2.05) is 92.2 Å². The van der Waals surface area contributed by atoms with Crippen LogP contribution in [0.3, 0.4) is 0 Å². The molecule has 0 saturated carbocycles. The van der Waals surface area contributed by atoms with Gasteiger partial charge >= 0.3 is 7.69 Å². The van der Waals surface area contributed by atoms with Crippen LogP contribution in [0.25, 0.3) is 18.2 Å². The van der Waals surface area contributed by atoms with Crippen molar-refractivity contribution < 1.29 is 18.3 Å². The summed E-state index contributed by atoms with van der Waals surface area (Å²) in [6, 6.07) is 15.6. The number of amides is 1. The Morgan fingerprint density at radius 1 is 1.08 bits per heavy atom. The minimum Gasteiger partial charge on any atom is -0.484 e. The second kappa shape index (κ2) is 13.5. The van der Waals surface area contributed by atoms with Crippen LogP contribution in [0.1, 0.15) is 55.3 Å². The minimum atomic E-state index is -1.79. The summed E-state index contributed by atoms with van der Waals surface area (Å²) < 4.78 is 23.5. The molecule has 1 aromatic carbocycles. The molecule has 1 aliphatic rings. The first-order valence-corrected chi connectivity index (χ1v) is 13.4. The van der Waals surface area contributed by atoms with Crippen molar-refractivity contribution in [1.29, 1.82) is 0 Å². The molecule has 0 bridgehead atoms. The Morgan fingerprint density at radius 3 is 2.63 bits per heavy atom. The van der Waals surface area contributed by atoms with Gasteiger partial charge in [-0.2, -0.15) is 0 Å². The molecule has 0 unspecified atom stereocenters. The molecule has 0 radical (unpaired) electrons. The fourth-order valence-corrected chi connectivity index (χ4v) is 4.46. The van der Waals surface area contributed by atoms with Crippen molar-refractivity contribution in [2.45, 2.75) is 32.6 Å². The highest BCUT2D eigenvalue weighted by molar-refractivity contribution is 6.22. The van der Waals surface area contributed by atoms with E-state index in [1.54, 1.807) is 4.49 Å². The Balaban J connectivity index is 1.33. The van der Waals surface area contributed by atoms with Crippen molar-refractivity contribution in [3.05, 3.63) is 95.2 Å². The van der Waals surface area contributed by atoms with Gasteiger partial charge in [0.2, 0.25) is 0 Å². The summed E-state index contributed by atoms with van der Waals surface area (Å²) in [5.41, 5.74) is 5.69. The van der Waals surface area contributed by atoms with Gasteiger partial charge in [-0.3, -0.25) is 4.79 Å². The lowest BCUT2D eigenvalue weighted by molar-refractivity contribution is -0.317. The molecule has 6 nitrogen and oxygen atoms in total. The molecule has 4 rings (SSSR count). The lowest BCUT2D eigenvalue weighted by Crippen LogP contribution is -2.29. The third-order valence-corrected chi connectivity index (χ3v) is 6.75. The average Bonchev–Trinajstić information content (AvgIpc) is 3.68. The van der Waals surface area contributed by atoms with Gasteiger partial charge in [0.15, 0.2) is 18.0 Å². The fraction of sp³-hybridized carbons (Fsp3) is 0.267. The maximum Gasteiger partial charge on any atom is 0.413 e. The Kier molecular flexibility index (Phi) is 9.56. The summed E-state index contributed by atoms with van der Waals surface area (Å²) in [5.74, 6) is 0.569. The van der Waals surface area contributed by atoms with E-state index in [4.69, 9.17) is 4.74 Å². The summed E-state index contributed by atoms with van der Waals surface area (Å²) in [4.78, 5) is 15.1. The summed E-state index contributed by atoms with van der Waals surface area (Å²) in [5, 5.41) is 2.90. The number of aromatic nitrogens is 2. The van der Waals surface area contributed by atoms with Gasteiger partial charge in [0.1, 0.15) is 11.4 Å². The first-order valence-electron chi connectivity index (χ1n) is 13.4. The highest BCUT2D eigenvalue weighted by Gasteiger charge is 2.20. The number of nitrogens with zero attached hydrogens (tertiary/aromatic N) is 2. The van der Waals surface area contributed by atoms with E-state index in [9.17, 15) is 9.11 Å². The highest BCUT2D eigenvalue weighted by atomic mass is 19.1. The Bertz CT molecular complexity index is 1330. The van der Waals surface area contributed by atoms with Gasteiger partial charge in [0.05, 0.1) is 0 Å². The standard InChI is InChI=1S/C30H36BFN4O2/c1-3-4-5-6-19-34-30(37)22-38-27-16-10-23(11-17-27)9-12-24-13-14-25(35(24)2)21-26-15-18-29(36(26)31-32)28-8-7-20-33-28/h7-18,20-21,33H,3-6,19,22,31H2,1-2H3,(H,34,37)/b12-9-,26-21-. The number of carbonyl (C=O) groups is 1. The second-order valence-electron chi connectivity index (χ2n) is 9.44. The molecule has 0 saturated heterocycles. The van der Waals surface area contributed by atoms with Gasteiger partial charge < -0.3 is 28.4 Å². The maximum atomic E-state index is 14.0. The van der Waals surface area contributed by atoms with Crippen LogP contribution in [0.2, 0.25) is 0 Å². The van der Waals surface area contributed by atoms with E-state index >= 15 is 0 Å². The molecule has 3 heterocycles. The van der Waals surface area contributed by atoms with Gasteiger partial charge in [0.25, 0.3) is 5.91 Å². The molecule has 198 valence electrons. The van der Waals surface area contributed by atoms with Crippen LogP contribution in [0.15, 0.2) is 72.6 Å². The van der Waals surface area contributed by atoms with Crippen LogP contribution in [0, 0.1) is 0 Å². The third-order valence-electron chi connectivity index (χ3n) is 6.75. The van der Waals surface area contributed by atoms with Gasteiger partial charge in [-0.15, -0.1) is 0 Å². The molecule has 0 atom stereocenters. The molecule has 2 aromatic heterocycles. The molecular formula is C30H36BFN4O2. The number of hydrogen-bond donors (Lipinski definition) is 2. The van der Waals surface area contributed by atoms with E-state index in [0.717, 1.165) is 46.9 Å². The first kappa shape index (κ1) is 27.0. The number of halogens is 1. The number of hydrogen-bond acceptors (Lipinski definition) is 2. The van der Waals surface area contributed by atoms with Crippen molar-refractivity contribution in [1.82, 2.24) is 14.9 Å². The quantitative estimate of drug-likeness (QED) is 0.250. The largest absolute Gasteiger partial charge is 0.484 e. The number of ether oxygens (including phenoxy) is 1. The summed E-state index contributed by atoms with van der Waals surface area (Å²) in [6.07, 6.45) is 16.4. The summed E-state index contributed by atoms with van der Waals surface area (Å²) >= 11 is 0. The van der Waals surface area contributed by atoms with E-state index in [1.165, 1.54) is 12.8 Å². The number of rotatable bonds is 13. The molecule has 3 aromatic rings. The Labute approximate surface area is 224 Å². The molecule has 0 aliphatic carbocycles. The molecule has 38 heavy (non-hydrogen) atoms. The molecule has 8 heteroatoms. The van der Waals surface area contributed by atoms with Gasteiger partial charge in [-0.25, -0.2) is 0 Å². The SMILES string of the molecule is CCCCCCNC(=O)COc1ccc(/C=C\c2ccc(/C=C3/C=CC(c4ccc[nH]4)=[N+]3[BH2-]F)n2C)cc1. The highest BCUT2D eigenvalue weighted by Crippen LogP contribution is 2.20. The number of allylic oxidation sites excluding steroid dienone is 2. The zero-order valence-electron chi connectivity index (χ0n) is 22.4. The Hall–Kier alpha value is -4.07. The zero-order valence-corrected chi connectivity index (χ0v) is 22.4. The van der Waals surface area contributed by atoms with Crippen LogP contribution < -0.4 is 10.1 Å². The fourth-order valence-electron chi connectivity index (χ4n) is 4.46. The molecule has 0 spiro atoms. The lowest BCUT2D eigenvalue weighted by atomic mass is 10.2. The number of nitrogens with one attached hydrogen (secondary N) is 2. The van der Waals surface area contributed by atoms with Crippen molar-refractivity contribution in [3.63, 3.8) is 0 Å². The van der Waals surface area contributed by atoms with Gasteiger partial charge in [-0.05, 0) is 54.5 Å². The molecular weight excluding hydrogens is 478 g/mol. The lowest BCUT2D eigenvalue weighted by Gasteiger charge is -2.08. The van der Waals surface area contributed by atoms with Crippen molar-refractivity contribution in [2.24, 2.45) is 7.05 Å². The van der Waals surface area contributed by atoms with Crippen molar-refractivity contribution in [3.8, 4) is 5.75 Å². The van der Waals surface area contributed by atoms with Crippen molar-refractivity contribution >= 4 is 37.5 Å². The molecule has 1 aliphatic heterocycles. The normalized spacial score (nSPS) is 14.2. The van der Waals surface area contributed by atoms with E-state index in [2.05, 4.69) is 21.8 Å². The smallest absolute Gasteiger partial charge is 0.413 e. The monoisotopic (exact) mass is 514 g/mol. The number of H-pyrrole nitrogens is 1. The third kappa shape index (κ3) is 7.03. The first-order chi connectivity index (χ1) is 18.6. The summed E-state index contributed by atoms with van der Waals surface area (Å²) in [7, 11) is 0.212. The molecule has 2 N–H and O–H groups in total. The predicted octanol–water partition coefficient (Wildman–Crippen LogP) is 4.98. The van der Waals surface area contributed by atoms with Crippen LogP contribution in [-0.2, 0) is 11.8 Å². The minimum absolute atomic E-state index is 0.0200. The summed E-state index contributed by atoms with van der Waals surface area (Å²) in [6.45, 7) is 2.89. The average molecular weight is 514 g/mol. The Morgan fingerprint density at radius 2 is 1.89 bits per heavy atom. The zero-order chi connectivity index (χ0) is 26.7. The van der Waals surface area contributed by atoms with Gasteiger partial charge in [-0.1, -0.05) is 44.4 Å². The van der Waals surface area contributed by atoms with Crippen LogP contribution >= 0.6 is 0 Å². The molecule has 0 fully saturated rings. The topological polar surface area (TPSA) is 62.1 Å². The van der Waals surface area contributed by atoms with E-state index < -0.39 is 7.69 Å². The molecule has 1 amide bonds. The number of unbranched alkanes of at least 4 members (excludes halogenated alkanes) is 3. The van der Waals surface area contributed by atoms with Crippen LogP contribution in [-0.4, -0.2) is 46.5 Å². The van der Waals surface area contributed by atoms with Crippen molar-refractivity contribution in [2.75, 3.05) is 13.2 Å². The second-order valence-corrected chi connectivity index (χ2v) is 9.44.